The van der Waals surface area contributed by atoms with Crippen LogP contribution in [0.2, 0.25) is 0 Å². The molecule has 0 bridgehead atoms. The second-order valence-corrected chi connectivity index (χ2v) is 7.68. The number of fused-ring (bicyclic) bond motifs is 1. The number of carbonyl (C=O) groups excluding carboxylic acids is 2. The fraction of sp³-hybridized carbons (Fsp3) is 0.214. The van der Waals surface area contributed by atoms with Crippen LogP contribution in [0.4, 0.5) is 0 Å². The number of esters is 1. The Morgan fingerprint density at radius 3 is 2.36 bits per heavy atom. The van der Waals surface area contributed by atoms with Crippen LogP contribution in [0.25, 0.3) is 6.08 Å². The van der Waals surface area contributed by atoms with Crippen LogP contribution in [0.5, 0.6) is 28.7 Å². The number of rotatable bonds is 9. The second kappa shape index (κ2) is 10.9. The molecule has 1 atom stereocenters. The first-order chi connectivity index (χ1) is 17.5. The standard InChI is InChI=1S/C28H26O8/c1-5-34-28(30)26(17-9-7-6-8-10-17)35-19-12-13-20-22(16-19)36-23(24(20)29)15-18-11-14-21(31-2)27(33-4)25(18)32-3/h6-16,26H,5H2,1-4H3/t26-/m1/s1. The molecule has 0 fully saturated rings. The maximum Gasteiger partial charge on any atom is 0.352 e. The van der Waals surface area contributed by atoms with Crippen LogP contribution in [0.3, 0.4) is 0 Å². The summed E-state index contributed by atoms with van der Waals surface area (Å²) in [6.45, 7) is 1.96. The molecule has 0 aliphatic carbocycles. The van der Waals surface area contributed by atoms with Gasteiger partial charge in [0.25, 0.3) is 0 Å². The molecule has 0 N–H and O–H groups in total. The molecule has 0 amide bonds. The highest BCUT2D eigenvalue weighted by molar-refractivity contribution is 6.14. The van der Waals surface area contributed by atoms with E-state index in [2.05, 4.69) is 0 Å². The molecule has 8 nitrogen and oxygen atoms in total. The zero-order valence-corrected chi connectivity index (χ0v) is 20.4. The van der Waals surface area contributed by atoms with Gasteiger partial charge in [-0.2, -0.15) is 0 Å². The molecule has 3 aromatic carbocycles. The third-order valence-corrected chi connectivity index (χ3v) is 5.52. The Labute approximate surface area is 209 Å². The molecule has 1 aliphatic rings. The van der Waals surface area contributed by atoms with Gasteiger partial charge in [-0.1, -0.05) is 30.3 Å². The Balaban J connectivity index is 1.63. The zero-order valence-electron chi connectivity index (χ0n) is 20.4. The minimum Gasteiger partial charge on any atom is -0.493 e. The topological polar surface area (TPSA) is 89.5 Å². The highest BCUT2D eigenvalue weighted by Crippen LogP contribution is 2.42. The quantitative estimate of drug-likeness (QED) is 0.305. The molecule has 0 unspecified atom stereocenters. The summed E-state index contributed by atoms with van der Waals surface area (Å²) in [7, 11) is 4.53. The van der Waals surface area contributed by atoms with Gasteiger partial charge in [-0.3, -0.25) is 4.79 Å². The number of Topliss-reactive ketones (excluding diaryl/α,β-unsaturated/α-hetero) is 1. The molecule has 1 aliphatic heterocycles. The fourth-order valence-electron chi connectivity index (χ4n) is 3.85. The lowest BCUT2D eigenvalue weighted by Crippen LogP contribution is -2.21. The van der Waals surface area contributed by atoms with Gasteiger partial charge in [0.1, 0.15) is 11.5 Å². The number of ketones is 1. The Bertz CT molecular complexity index is 1300. The number of hydrogen-bond acceptors (Lipinski definition) is 8. The van der Waals surface area contributed by atoms with Crippen molar-refractivity contribution in [2.45, 2.75) is 13.0 Å². The maximum atomic E-state index is 13.0. The van der Waals surface area contributed by atoms with Gasteiger partial charge in [-0.25, -0.2) is 4.79 Å². The third-order valence-electron chi connectivity index (χ3n) is 5.52. The summed E-state index contributed by atoms with van der Waals surface area (Å²) in [5.41, 5.74) is 1.60. The van der Waals surface area contributed by atoms with Gasteiger partial charge in [0, 0.05) is 17.2 Å². The smallest absolute Gasteiger partial charge is 0.352 e. The molecule has 186 valence electrons. The average Bonchev–Trinajstić information content (AvgIpc) is 3.21. The number of carbonyl (C=O) groups is 2. The summed E-state index contributed by atoms with van der Waals surface area (Å²) in [5, 5.41) is 0. The molecular formula is C28H26O8. The van der Waals surface area contributed by atoms with Crippen molar-refractivity contribution in [3.63, 3.8) is 0 Å². The first-order valence-corrected chi connectivity index (χ1v) is 11.3. The zero-order chi connectivity index (χ0) is 25.7. The van der Waals surface area contributed by atoms with E-state index in [0.29, 0.717) is 45.4 Å². The van der Waals surface area contributed by atoms with Gasteiger partial charge in [-0.15, -0.1) is 0 Å². The molecule has 8 heteroatoms. The van der Waals surface area contributed by atoms with Crippen molar-refractivity contribution in [1.82, 2.24) is 0 Å². The molecular weight excluding hydrogens is 464 g/mol. The van der Waals surface area contributed by atoms with Crippen LogP contribution in [0.15, 0.2) is 66.4 Å². The van der Waals surface area contributed by atoms with Crippen LogP contribution in [-0.2, 0) is 9.53 Å². The number of methoxy groups -OCH3 is 3. The van der Waals surface area contributed by atoms with Crippen LogP contribution in [0, 0.1) is 0 Å². The summed E-state index contributed by atoms with van der Waals surface area (Å²) >= 11 is 0. The predicted octanol–water partition coefficient (Wildman–Crippen LogP) is 5.01. The molecule has 3 aromatic rings. The average molecular weight is 491 g/mol. The van der Waals surface area contributed by atoms with Gasteiger partial charge in [0.15, 0.2) is 17.3 Å². The Hall–Kier alpha value is -4.46. The van der Waals surface area contributed by atoms with E-state index in [4.69, 9.17) is 28.4 Å². The highest BCUT2D eigenvalue weighted by Gasteiger charge is 2.30. The predicted molar refractivity (Wildman–Crippen MR) is 132 cm³/mol. The first-order valence-electron chi connectivity index (χ1n) is 11.3. The van der Waals surface area contributed by atoms with E-state index in [-0.39, 0.29) is 18.1 Å². The van der Waals surface area contributed by atoms with E-state index in [0.717, 1.165) is 0 Å². The second-order valence-electron chi connectivity index (χ2n) is 7.68. The largest absolute Gasteiger partial charge is 0.493 e. The summed E-state index contributed by atoms with van der Waals surface area (Å²) in [6, 6.07) is 17.3. The van der Waals surface area contributed by atoms with Crippen LogP contribution in [0.1, 0.15) is 34.5 Å². The number of hydrogen-bond donors (Lipinski definition) is 0. The summed E-state index contributed by atoms with van der Waals surface area (Å²) < 4.78 is 33.3. The van der Waals surface area contributed by atoms with Gasteiger partial charge in [-0.05, 0) is 37.3 Å². The molecule has 1 heterocycles. The molecule has 0 radical (unpaired) electrons. The molecule has 0 saturated carbocycles. The minimum atomic E-state index is -0.965. The van der Waals surface area contributed by atoms with Gasteiger partial charge in [0.2, 0.25) is 17.6 Å². The molecule has 36 heavy (non-hydrogen) atoms. The molecule has 0 spiro atoms. The van der Waals surface area contributed by atoms with Crippen molar-refractivity contribution in [1.29, 1.82) is 0 Å². The van der Waals surface area contributed by atoms with Crippen molar-refractivity contribution in [3.8, 4) is 28.7 Å². The maximum absolute atomic E-state index is 13.0. The van der Waals surface area contributed by atoms with Gasteiger partial charge in [0.05, 0.1) is 33.5 Å². The number of allylic oxidation sites excluding steroid dienone is 1. The van der Waals surface area contributed by atoms with Crippen LogP contribution in [-0.4, -0.2) is 39.7 Å². The Kier molecular flexibility index (Phi) is 7.44. The van der Waals surface area contributed by atoms with Gasteiger partial charge >= 0.3 is 5.97 Å². The normalized spacial score (nSPS) is 14.0. The summed E-state index contributed by atoms with van der Waals surface area (Å²) in [5.74, 6) is 1.28. The van der Waals surface area contributed by atoms with Crippen molar-refractivity contribution >= 4 is 17.8 Å². The Morgan fingerprint density at radius 2 is 1.69 bits per heavy atom. The van der Waals surface area contributed by atoms with E-state index < -0.39 is 12.1 Å². The third kappa shape index (κ3) is 4.84. The Morgan fingerprint density at radius 1 is 0.944 bits per heavy atom. The highest BCUT2D eigenvalue weighted by atomic mass is 16.6. The van der Waals surface area contributed by atoms with Crippen molar-refractivity contribution < 1.29 is 38.0 Å². The van der Waals surface area contributed by atoms with Crippen LogP contribution >= 0.6 is 0 Å². The van der Waals surface area contributed by atoms with E-state index in [9.17, 15) is 9.59 Å². The summed E-state index contributed by atoms with van der Waals surface area (Å²) in [4.78, 5) is 25.6. The van der Waals surface area contributed by atoms with Crippen molar-refractivity contribution in [2.75, 3.05) is 27.9 Å². The fourth-order valence-corrected chi connectivity index (χ4v) is 3.85. The van der Waals surface area contributed by atoms with Crippen molar-refractivity contribution in [2.24, 2.45) is 0 Å². The van der Waals surface area contributed by atoms with E-state index in [1.54, 1.807) is 55.5 Å². The van der Waals surface area contributed by atoms with E-state index in [1.165, 1.54) is 21.3 Å². The minimum absolute atomic E-state index is 0.109. The SMILES string of the molecule is CCOC(=O)[C@H](Oc1ccc2c(c1)OC(=Cc1ccc(OC)c(OC)c1OC)C2=O)c1ccccc1. The summed E-state index contributed by atoms with van der Waals surface area (Å²) in [6.07, 6.45) is 0.613. The number of ether oxygens (including phenoxy) is 6. The van der Waals surface area contributed by atoms with Crippen LogP contribution < -0.4 is 23.7 Å². The molecule has 0 saturated heterocycles. The first kappa shape index (κ1) is 24.7. The van der Waals surface area contributed by atoms with E-state index >= 15 is 0 Å². The van der Waals surface area contributed by atoms with Crippen molar-refractivity contribution in [3.05, 3.63) is 83.1 Å². The van der Waals surface area contributed by atoms with Gasteiger partial charge < -0.3 is 28.4 Å². The van der Waals surface area contributed by atoms with E-state index in [1.807, 2.05) is 18.2 Å². The molecule has 4 rings (SSSR count). The lowest BCUT2D eigenvalue weighted by molar-refractivity contribution is -0.151. The lowest BCUT2D eigenvalue weighted by atomic mass is 10.1. The number of benzene rings is 3. The lowest BCUT2D eigenvalue weighted by Gasteiger charge is -2.18. The molecule has 0 aromatic heterocycles. The monoisotopic (exact) mass is 490 g/mol.